The Morgan fingerprint density at radius 3 is 1.36 bits per heavy atom. The maximum absolute atomic E-state index is 10.8. The molecule has 0 bridgehead atoms. The number of carbonyl (C=O) groups excluding carboxylic acids is 3. The molecular formula is C7H6K5O9P. The number of aliphatic carboxylic acids is 3. The first-order chi connectivity index (χ1) is 7.53. The van der Waals surface area contributed by atoms with E-state index in [0.717, 1.165) is 0 Å². The Morgan fingerprint density at radius 2 is 1.18 bits per heavy atom. The van der Waals surface area contributed by atoms with Crippen LogP contribution in [0.1, 0.15) is 19.3 Å². The van der Waals surface area contributed by atoms with Crippen molar-refractivity contribution in [2.24, 2.45) is 0 Å². The summed E-state index contributed by atoms with van der Waals surface area (Å²) in [6, 6.07) is 0. The molecule has 0 aromatic carbocycles. The van der Waals surface area contributed by atoms with Crippen LogP contribution in [0, 0.1) is 0 Å². The van der Waals surface area contributed by atoms with Crippen LogP contribution in [0.3, 0.4) is 0 Å². The smallest absolute Gasteiger partial charge is 0.810 e. The summed E-state index contributed by atoms with van der Waals surface area (Å²) in [5.74, 6) is -6.43. The van der Waals surface area contributed by atoms with Crippen molar-refractivity contribution in [3.05, 3.63) is 0 Å². The summed E-state index contributed by atoms with van der Waals surface area (Å²) < 4.78 is 10.8. The van der Waals surface area contributed by atoms with Gasteiger partial charge in [-0.25, -0.2) is 0 Å². The van der Waals surface area contributed by atoms with Crippen molar-refractivity contribution in [3.8, 4) is 0 Å². The Bertz CT molecular complexity index is 400. The molecule has 0 aliphatic heterocycles. The molecule has 0 heterocycles. The molecule has 1 unspecified atom stereocenters. The van der Waals surface area contributed by atoms with E-state index in [0.29, 0.717) is 0 Å². The third kappa shape index (κ3) is 16.5. The van der Waals surface area contributed by atoms with E-state index in [4.69, 9.17) is 0 Å². The molecule has 0 saturated heterocycles. The van der Waals surface area contributed by atoms with Crippen LogP contribution in [0.2, 0.25) is 0 Å². The van der Waals surface area contributed by atoms with E-state index >= 15 is 0 Å². The van der Waals surface area contributed by atoms with Gasteiger partial charge in [0.25, 0.3) is 0 Å². The SMILES string of the molecule is O=C([O-])CCC(CC(=O)[O-])(C(=O)[O-])P(=O)([O-])[O-].[K+].[K+].[K+].[K+].[K+]. The van der Waals surface area contributed by atoms with E-state index in [-0.39, 0.29) is 257 Å². The van der Waals surface area contributed by atoms with Gasteiger partial charge in [0.2, 0.25) is 0 Å². The molecule has 0 spiro atoms. The van der Waals surface area contributed by atoms with Gasteiger partial charge in [-0.1, -0.05) is 7.60 Å². The minimum absolute atomic E-state index is 0. The van der Waals surface area contributed by atoms with Crippen molar-refractivity contribution < 1.29 is 301 Å². The Morgan fingerprint density at radius 1 is 0.818 bits per heavy atom. The summed E-state index contributed by atoms with van der Waals surface area (Å²) in [5, 5.41) is 27.6. The van der Waals surface area contributed by atoms with Crippen molar-refractivity contribution in [1.29, 1.82) is 0 Å². The zero-order valence-electron chi connectivity index (χ0n) is 13.2. The van der Waals surface area contributed by atoms with Gasteiger partial charge in [0, 0.05) is 23.5 Å². The monoisotopic (exact) mass is 460 g/mol. The second-order valence-corrected chi connectivity index (χ2v) is 5.09. The van der Waals surface area contributed by atoms with Crippen LogP contribution in [0.15, 0.2) is 0 Å². The van der Waals surface area contributed by atoms with E-state index in [1.165, 1.54) is 0 Å². The summed E-state index contributed by atoms with van der Waals surface area (Å²) in [7, 11) is -5.95. The fourth-order valence-electron chi connectivity index (χ4n) is 1.16. The molecule has 22 heavy (non-hydrogen) atoms. The number of carbonyl (C=O) groups is 3. The maximum atomic E-state index is 10.8. The number of rotatable bonds is 7. The molecule has 0 aromatic rings. The second-order valence-electron chi connectivity index (χ2n) is 3.24. The standard InChI is InChI=1S/C7H11O9P.5K/c8-4(9)1-2-7(6(12)13,3-5(10)11)17(14,15)16;;;;;/h1-3H2,(H,8,9)(H,10,11)(H,12,13)(H2,14,15,16);;;;;/q;5*+1/p-5. The molecule has 0 N–H and O–H groups in total. The van der Waals surface area contributed by atoms with E-state index < -0.39 is 49.9 Å². The van der Waals surface area contributed by atoms with Gasteiger partial charge < -0.3 is 44.1 Å². The first kappa shape index (κ1) is 42.8. The number of hydrogen-bond donors (Lipinski definition) is 0. The molecule has 0 aliphatic rings. The fraction of sp³-hybridized carbons (Fsp3) is 0.571. The Kier molecular flexibility index (Phi) is 40.8. The molecule has 9 nitrogen and oxygen atoms in total. The molecule has 0 aliphatic carbocycles. The molecule has 15 heteroatoms. The molecule has 1 atom stereocenters. The first-order valence-electron chi connectivity index (χ1n) is 4.16. The molecule has 0 rings (SSSR count). The molecule has 0 fully saturated rings. The van der Waals surface area contributed by atoms with Gasteiger partial charge in [-0.3, -0.25) is 0 Å². The average molecular weight is 461 g/mol. The Balaban J connectivity index is -0.000000128. The van der Waals surface area contributed by atoms with Crippen molar-refractivity contribution in [2.75, 3.05) is 0 Å². The van der Waals surface area contributed by atoms with Crippen LogP contribution >= 0.6 is 7.60 Å². The van der Waals surface area contributed by atoms with Gasteiger partial charge in [-0.05, 0) is 12.8 Å². The predicted molar refractivity (Wildman–Crippen MR) is 39.2 cm³/mol. The van der Waals surface area contributed by atoms with Crippen LogP contribution in [0.4, 0.5) is 0 Å². The third-order valence-electron chi connectivity index (χ3n) is 2.08. The van der Waals surface area contributed by atoms with Gasteiger partial charge in [0.05, 0.1) is 5.97 Å². The number of carboxylic acid groups (broad SMARTS) is 3. The number of carboxylic acids is 3. The van der Waals surface area contributed by atoms with Crippen molar-refractivity contribution in [2.45, 2.75) is 24.4 Å². The molecule has 98 valence electrons. The fourth-order valence-corrected chi connectivity index (χ4v) is 2.09. The zero-order chi connectivity index (χ0) is 13.9. The topological polar surface area (TPSA) is 184 Å². The zero-order valence-corrected chi connectivity index (χ0v) is 29.8. The van der Waals surface area contributed by atoms with E-state index in [9.17, 15) is 44.1 Å². The predicted octanol–water partition coefficient (Wildman–Crippen LogP) is -20.9. The van der Waals surface area contributed by atoms with Crippen molar-refractivity contribution in [3.63, 3.8) is 0 Å². The summed E-state index contributed by atoms with van der Waals surface area (Å²) in [4.78, 5) is 52.6. The van der Waals surface area contributed by atoms with Crippen LogP contribution in [-0.2, 0) is 18.9 Å². The second kappa shape index (κ2) is 21.0. The molecule has 0 amide bonds. The van der Waals surface area contributed by atoms with Gasteiger partial charge in [-0.2, -0.15) is 0 Å². The van der Waals surface area contributed by atoms with E-state index in [2.05, 4.69) is 0 Å². The van der Waals surface area contributed by atoms with Crippen LogP contribution < -0.4 is 282 Å². The Hall–Kier alpha value is 6.74. The molecule has 0 saturated carbocycles. The van der Waals surface area contributed by atoms with Crippen molar-refractivity contribution >= 4 is 25.5 Å². The van der Waals surface area contributed by atoms with Gasteiger partial charge >= 0.3 is 257 Å². The van der Waals surface area contributed by atoms with E-state index in [1.807, 2.05) is 0 Å². The minimum atomic E-state index is -5.95. The summed E-state index contributed by atoms with van der Waals surface area (Å²) in [6.07, 6.45) is -4.04. The largest absolute Gasteiger partial charge is 1.00 e. The van der Waals surface area contributed by atoms with Gasteiger partial charge in [0.1, 0.15) is 0 Å². The normalized spacial score (nSPS) is 11.5. The third-order valence-corrected chi connectivity index (χ3v) is 3.70. The minimum Gasteiger partial charge on any atom is -0.810 e. The molecule has 0 radical (unpaired) electrons. The molecule has 0 aromatic heterocycles. The van der Waals surface area contributed by atoms with Crippen molar-refractivity contribution in [1.82, 2.24) is 0 Å². The Labute approximate surface area is 339 Å². The maximum Gasteiger partial charge on any atom is 1.00 e. The number of hydrogen-bond acceptors (Lipinski definition) is 9. The average Bonchev–Trinajstić information content (AvgIpc) is 2.08. The quantitative estimate of drug-likeness (QED) is 0.263. The van der Waals surface area contributed by atoms with Crippen LogP contribution in [0.5, 0.6) is 0 Å². The van der Waals surface area contributed by atoms with Crippen LogP contribution in [-0.4, -0.2) is 23.1 Å². The molecular weight excluding hydrogens is 455 g/mol. The van der Waals surface area contributed by atoms with Gasteiger partial charge in [0.15, 0.2) is 0 Å². The van der Waals surface area contributed by atoms with E-state index in [1.54, 1.807) is 0 Å². The van der Waals surface area contributed by atoms with Crippen LogP contribution in [0.25, 0.3) is 0 Å². The van der Waals surface area contributed by atoms with Gasteiger partial charge in [-0.15, -0.1) is 0 Å². The first-order valence-corrected chi connectivity index (χ1v) is 5.70. The summed E-state index contributed by atoms with van der Waals surface area (Å²) in [6.45, 7) is 0. The summed E-state index contributed by atoms with van der Waals surface area (Å²) in [5.41, 5.74) is 0. The summed E-state index contributed by atoms with van der Waals surface area (Å²) >= 11 is 0.